The summed E-state index contributed by atoms with van der Waals surface area (Å²) in [7, 11) is -22.6. The number of rotatable bonds is 10. The average Bonchev–Trinajstić information content (AvgIpc) is 3.47. The molecule has 49 heavy (non-hydrogen) atoms. The van der Waals surface area contributed by atoms with Crippen molar-refractivity contribution in [3.8, 4) is 0 Å². The number of aryl methyl sites for hydroxylation is 2. The lowest BCUT2D eigenvalue weighted by atomic mass is 9.89. The van der Waals surface area contributed by atoms with Crippen LogP contribution in [0.1, 0.15) is 0 Å². The zero-order chi connectivity index (χ0) is 39.3. The number of hydrogen-bond donors (Lipinski definition) is 2. The number of nitrogens with zero attached hydrogens (tertiary/aromatic N) is 4. The highest BCUT2D eigenvalue weighted by molar-refractivity contribution is 8.06. The van der Waals surface area contributed by atoms with Gasteiger partial charge in [-0.05, 0) is 0 Å². The third-order valence-electron chi connectivity index (χ3n) is 4.95. The van der Waals surface area contributed by atoms with Gasteiger partial charge in [0.25, 0.3) is 0 Å². The second-order valence-electron chi connectivity index (χ2n) is 9.25. The summed E-state index contributed by atoms with van der Waals surface area (Å²) < 4.78 is 224. The van der Waals surface area contributed by atoms with Gasteiger partial charge in [-0.1, -0.05) is 8.25 Å². The molecule has 2 N–H and O–H groups in total. The van der Waals surface area contributed by atoms with Crippen LogP contribution in [0.2, 0.25) is 0 Å². The second-order valence-corrected chi connectivity index (χ2v) is 16.5. The molecule has 0 aliphatic heterocycles. The molecule has 0 aromatic carbocycles. The number of imidazole rings is 2. The van der Waals surface area contributed by atoms with E-state index in [0.29, 0.717) is 13.1 Å². The lowest BCUT2D eigenvalue weighted by molar-refractivity contribution is -0.671. The summed E-state index contributed by atoms with van der Waals surface area (Å²) in [5, 5.41) is 23.1. The summed E-state index contributed by atoms with van der Waals surface area (Å²) in [4.78, 5) is 0. The highest BCUT2D eigenvalue weighted by atomic mass is 32.3. The van der Waals surface area contributed by atoms with Crippen molar-refractivity contribution in [3.63, 3.8) is 0 Å². The molecule has 0 fully saturated rings. The van der Waals surface area contributed by atoms with Crippen LogP contribution in [0.4, 0.5) is 52.7 Å². The minimum atomic E-state index is -6.60. The fourth-order valence-corrected chi connectivity index (χ4v) is 6.54. The van der Waals surface area contributed by atoms with E-state index in [2.05, 4.69) is 0 Å². The Balaban J connectivity index is 0.000000715. The number of halogens is 12. The molecule has 2 aromatic heterocycles. The van der Waals surface area contributed by atoms with Gasteiger partial charge >= 0.3 is 62.1 Å². The molecule has 0 unspecified atom stereocenters. The van der Waals surface area contributed by atoms with E-state index < -0.39 is 75.8 Å². The summed E-state index contributed by atoms with van der Waals surface area (Å²) in [6.07, 6.45) is 11.3. The smallest absolute Gasteiger partial charge is 0.512 e. The first kappa shape index (κ1) is 46.2. The molecule has 2 rings (SSSR count). The summed E-state index contributed by atoms with van der Waals surface area (Å²) in [6.45, 7) is 0.145. The van der Waals surface area contributed by atoms with Crippen LogP contribution in [0.5, 0.6) is 0 Å². The third kappa shape index (κ3) is 13.5. The Morgan fingerprint density at radius 1 is 0.531 bits per heavy atom. The Labute approximate surface area is 268 Å². The molecule has 0 saturated carbocycles. The first-order valence-corrected chi connectivity index (χ1v) is 17.4. The van der Waals surface area contributed by atoms with Crippen LogP contribution in [0.25, 0.3) is 0 Å². The van der Waals surface area contributed by atoms with E-state index in [-0.39, 0.29) is 13.2 Å². The molecule has 0 saturated heterocycles. The standard InChI is InChI=1S/C13H20N4O2.2C2HF6NO4S2/c1-14-3-5-16(11-14)7-13(9-18,10-19)8-17-6-4-15(2)12-17;2*3-1(4,5)14(10,11)9-15(12,13)2(6,7)8/h3-6,11-12H,7-10H2,1-2H3;2*9H. The van der Waals surface area contributed by atoms with Gasteiger partial charge < -0.3 is 10.2 Å². The SMILES string of the molecule is C[n+]1ccn(CC(C[O-])(C[O-])Cn2cc[n+](C)c2)c1.O=S(=O)(NS(=O)(=O)C(F)(F)F)C(F)(F)F.O=S(=O)(NS(=O)(=O)C(F)(F)F)C(F)(F)F. The molecular weight excluding hydrogens is 804 g/mol. The largest absolute Gasteiger partial charge is 0.854 e. The van der Waals surface area contributed by atoms with Crippen molar-refractivity contribution in [1.82, 2.24) is 17.4 Å². The fraction of sp³-hybridized carbons (Fsp3) is 0.647. The predicted octanol–water partition coefficient (Wildman–Crippen LogP) is -2.10. The normalized spacial score (nSPS) is 14.0. The molecule has 16 nitrogen and oxygen atoms in total. The van der Waals surface area contributed by atoms with Gasteiger partial charge in [0.2, 0.25) is 12.7 Å². The molecule has 0 spiro atoms. The maximum absolute atomic E-state index is 11.6. The van der Waals surface area contributed by atoms with Gasteiger partial charge in [0.1, 0.15) is 24.8 Å². The third-order valence-corrected chi connectivity index (χ3v) is 10.9. The Hall–Kier alpha value is -2.78. The number of hydrogen-bond acceptors (Lipinski definition) is 10. The number of aromatic nitrogens is 4. The highest BCUT2D eigenvalue weighted by Crippen LogP contribution is 2.28. The van der Waals surface area contributed by atoms with Crippen LogP contribution in [0.15, 0.2) is 37.4 Å². The summed E-state index contributed by atoms with van der Waals surface area (Å²) in [5.41, 5.74) is -25.4. The molecule has 288 valence electrons. The molecular formula is C17H22F12N6O10S4. The maximum atomic E-state index is 11.6. The van der Waals surface area contributed by atoms with Gasteiger partial charge in [0, 0.05) is 5.41 Å². The average molecular weight is 827 g/mol. The molecule has 0 atom stereocenters. The van der Waals surface area contributed by atoms with Crippen molar-refractivity contribution in [2.75, 3.05) is 13.2 Å². The summed E-state index contributed by atoms with van der Waals surface area (Å²) in [6, 6.07) is 0. The number of nitrogens with one attached hydrogen (secondary N) is 2. The van der Waals surface area contributed by atoms with Gasteiger partial charge in [0.15, 0.2) is 0 Å². The fourth-order valence-electron chi connectivity index (χ4n) is 2.72. The molecule has 0 amide bonds. The molecule has 0 bridgehead atoms. The van der Waals surface area contributed by atoms with Gasteiger partial charge in [-0.15, -0.1) is 13.2 Å². The Kier molecular flexibility index (Phi) is 14.7. The zero-order valence-electron chi connectivity index (χ0n) is 23.8. The van der Waals surface area contributed by atoms with E-state index in [1.54, 1.807) is 0 Å². The van der Waals surface area contributed by atoms with E-state index >= 15 is 0 Å². The molecule has 0 aliphatic rings. The second kappa shape index (κ2) is 15.6. The maximum Gasteiger partial charge on any atom is 0.512 e. The molecule has 0 radical (unpaired) electrons. The van der Waals surface area contributed by atoms with Crippen molar-refractivity contribution >= 4 is 40.1 Å². The van der Waals surface area contributed by atoms with Crippen molar-refractivity contribution in [1.29, 1.82) is 0 Å². The Morgan fingerprint density at radius 3 is 0.898 bits per heavy atom. The van der Waals surface area contributed by atoms with Crippen LogP contribution < -0.4 is 27.6 Å². The summed E-state index contributed by atoms with van der Waals surface area (Å²) >= 11 is 0. The molecule has 2 aromatic rings. The first-order chi connectivity index (χ1) is 21.5. The van der Waals surface area contributed by atoms with E-state index in [4.69, 9.17) is 0 Å². The first-order valence-electron chi connectivity index (χ1n) is 11.5. The lowest BCUT2D eigenvalue weighted by Gasteiger charge is -2.36. The highest BCUT2D eigenvalue weighted by Gasteiger charge is 2.56. The topological polar surface area (TPSA) is 224 Å². The van der Waals surface area contributed by atoms with Crippen LogP contribution >= 0.6 is 0 Å². The van der Waals surface area contributed by atoms with Crippen LogP contribution in [0.3, 0.4) is 0 Å². The van der Waals surface area contributed by atoms with E-state index in [9.17, 15) is 96.6 Å². The summed E-state index contributed by atoms with van der Waals surface area (Å²) in [5.74, 6) is 0. The van der Waals surface area contributed by atoms with Crippen molar-refractivity contribution < 1.29 is 106 Å². The molecule has 2 heterocycles. The monoisotopic (exact) mass is 826 g/mol. The van der Waals surface area contributed by atoms with Gasteiger partial charge in [-0.25, -0.2) is 51.9 Å². The van der Waals surface area contributed by atoms with Gasteiger partial charge in [0.05, 0.1) is 27.2 Å². The predicted molar refractivity (Wildman–Crippen MR) is 130 cm³/mol. The zero-order valence-corrected chi connectivity index (χ0v) is 27.1. The van der Waals surface area contributed by atoms with Crippen LogP contribution in [0, 0.1) is 5.41 Å². The minimum Gasteiger partial charge on any atom is -0.854 e. The van der Waals surface area contributed by atoms with Crippen LogP contribution in [-0.2, 0) is 67.3 Å². The van der Waals surface area contributed by atoms with Crippen LogP contribution in [-0.4, -0.2) is 78.1 Å². The minimum absolute atomic E-state index is 0.375. The number of alkyl halides is 12. The van der Waals surface area contributed by atoms with Crippen molar-refractivity contribution in [2.24, 2.45) is 19.5 Å². The van der Waals surface area contributed by atoms with E-state index in [1.807, 2.05) is 69.8 Å². The Morgan fingerprint density at radius 2 is 0.755 bits per heavy atom. The Bertz CT molecular complexity index is 1610. The quantitative estimate of drug-likeness (QED) is 0.196. The van der Waals surface area contributed by atoms with Gasteiger partial charge in [-0.3, -0.25) is 0 Å². The van der Waals surface area contributed by atoms with E-state index in [1.165, 1.54) is 0 Å². The molecule has 32 heteroatoms. The van der Waals surface area contributed by atoms with E-state index in [0.717, 1.165) is 0 Å². The van der Waals surface area contributed by atoms with Gasteiger partial charge in [-0.2, -0.15) is 52.7 Å². The molecule has 0 aliphatic carbocycles. The van der Waals surface area contributed by atoms with Crippen molar-refractivity contribution in [2.45, 2.75) is 35.1 Å². The van der Waals surface area contributed by atoms with Crippen molar-refractivity contribution in [3.05, 3.63) is 37.4 Å². The lowest BCUT2D eigenvalue weighted by Crippen LogP contribution is -2.47. The number of sulfonamides is 4.